The Kier molecular flexibility index (Phi) is 3.86. The summed E-state index contributed by atoms with van der Waals surface area (Å²) in [6, 6.07) is 3.73. The van der Waals surface area contributed by atoms with Crippen LogP contribution in [0.3, 0.4) is 0 Å². The SMILES string of the molecule is Cc1ccncc1C(Cc1cnccc1N)NN. The van der Waals surface area contributed by atoms with Gasteiger partial charge in [0, 0.05) is 30.5 Å². The van der Waals surface area contributed by atoms with Gasteiger partial charge in [0.1, 0.15) is 0 Å². The second-order valence-electron chi connectivity index (χ2n) is 4.23. The molecule has 0 fully saturated rings. The van der Waals surface area contributed by atoms with E-state index in [9.17, 15) is 0 Å². The quantitative estimate of drug-likeness (QED) is 0.553. The van der Waals surface area contributed by atoms with Crippen LogP contribution >= 0.6 is 0 Å². The fraction of sp³-hybridized carbons (Fsp3) is 0.231. The molecule has 94 valence electrons. The molecule has 0 aliphatic heterocycles. The van der Waals surface area contributed by atoms with Crippen LogP contribution in [0.25, 0.3) is 0 Å². The molecule has 1 unspecified atom stereocenters. The van der Waals surface area contributed by atoms with Gasteiger partial charge in [0.2, 0.25) is 0 Å². The van der Waals surface area contributed by atoms with Gasteiger partial charge in [-0.05, 0) is 42.2 Å². The smallest absolute Gasteiger partial charge is 0.0519 e. The third-order valence-electron chi connectivity index (χ3n) is 3.02. The van der Waals surface area contributed by atoms with Crippen molar-refractivity contribution in [1.29, 1.82) is 0 Å². The van der Waals surface area contributed by atoms with Gasteiger partial charge in [-0.25, -0.2) is 0 Å². The number of hydrogen-bond donors (Lipinski definition) is 3. The maximum Gasteiger partial charge on any atom is 0.0519 e. The van der Waals surface area contributed by atoms with E-state index in [4.69, 9.17) is 11.6 Å². The van der Waals surface area contributed by atoms with E-state index in [1.807, 2.05) is 19.2 Å². The first kappa shape index (κ1) is 12.5. The molecule has 0 saturated heterocycles. The summed E-state index contributed by atoms with van der Waals surface area (Å²) in [4.78, 5) is 8.22. The Balaban J connectivity index is 2.26. The summed E-state index contributed by atoms with van der Waals surface area (Å²) in [6.07, 6.45) is 7.73. The van der Waals surface area contributed by atoms with Crippen LogP contribution in [0.1, 0.15) is 22.7 Å². The molecule has 5 nitrogen and oxygen atoms in total. The molecular formula is C13H17N5. The molecule has 0 amide bonds. The molecule has 5 heteroatoms. The number of aromatic nitrogens is 2. The van der Waals surface area contributed by atoms with Crippen molar-refractivity contribution in [1.82, 2.24) is 15.4 Å². The lowest BCUT2D eigenvalue weighted by molar-refractivity contribution is 0.547. The molecule has 5 N–H and O–H groups in total. The first-order valence-electron chi connectivity index (χ1n) is 5.77. The summed E-state index contributed by atoms with van der Waals surface area (Å²) in [5, 5.41) is 0. The Bertz CT molecular complexity index is 526. The van der Waals surface area contributed by atoms with Crippen LogP contribution in [0, 0.1) is 6.92 Å². The van der Waals surface area contributed by atoms with Gasteiger partial charge in [-0.15, -0.1) is 0 Å². The molecule has 0 bridgehead atoms. The van der Waals surface area contributed by atoms with Gasteiger partial charge in [0.25, 0.3) is 0 Å². The highest BCUT2D eigenvalue weighted by molar-refractivity contribution is 5.45. The lowest BCUT2D eigenvalue weighted by atomic mass is 9.98. The van der Waals surface area contributed by atoms with Crippen LogP contribution in [-0.4, -0.2) is 9.97 Å². The van der Waals surface area contributed by atoms with Gasteiger partial charge in [-0.3, -0.25) is 21.2 Å². The van der Waals surface area contributed by atoms with Crippen LogP contribution in [0.5, 0.6) is 0 Å². The molecule has 0 aromatic carbocycles. The molecule has 2 aromatic rings. The molecule has 2 rings (SSSR count). The number of rotatable bonds is 4. The van der Waals surface area contributed by atoms with Crippen molar-refractivity contribution in [3.05, 3.63) is 53.6 Å². The van der Waals surface area contributed by atoms with Crippen molar-refractivity contribution in [3.8, 4) is 0 Å². The minimum absolute atomic E-state index is 0.0230. The van der Waals surface area contributed by atoms with E-state index in [0.717, 1.165) is 22.4 Å². The molecule has 0 aliphatic carbocycles. The standard InChI is InChI=1S/C13H17N5/c1-9-2-4-17-8-11(9)13(18-15)6-10-7-16-5-3-12(10)14/h2-5,7-8,13,18H,6,15H2,1H3,(H2,14,16). The number of aryl methyl sites for hydroxylation is 1. The van der Waals surface area contributed by atoms with Crippen molar-refractivity contribution in [3.63, 3.8) is 0 Å². The minimum atomic E-state index is -0.0230. The zero-order chi connectivity index (χ0) is 13.0. The normalized spacial score (nSPS) is 12.3. The lowest BCUT2D eigenvalue weighted by Crippen LogP contribution is -2.30. The molecule has 0 radical (unpaired) electrons. The Labute approximate surface area is 106 Å². The topological polar surface area (TPSA) is 89.8 Å². The summed E-state index contributed by atoms with van der Waals surface area (Å²) in [7, 11) is 0. The Morgan fingerprint density at radius 2 is 1.94 bits per heavy atom. The van der Waals surface area contributed by atoms with E-state index in [1.165, 1.54) is 0 Å². The van der Waals surface area contributed by atoms with Crippen molar-refractivity contribution in [2.75, 3.05) is 5.73 Å². The van der Waals surface area contributed by atoms with Gasteiger partial charge in [-0.1, -0.05) is 0 Å². The van der Waals surface area contributed by atoms with Gasteiger partial charge in [0.15, 0.2) is 0 Å². The van der Waals surface area contributed by atoms with Crippen molar-refractivity contribution in [2.45, 2.75) is 19.4 Å². The predicted molar refractivity (Wildman–Crippen MR) is 71.4 cm³/mol. The van der Waals surface area contributed by atoms with Gasteiger partial charge < -0.3 is 5.73 Å². The summed E-state index contributed by atoms with van der Waals surface area (Å²) in [6.45, 7) is 2.04. The third-order valence-corrected chi connectivity index (χ3v) is 3.02. The number of nitrogens with one attached hydrogen (secondary N) is 1. The Hall–Kier alpha value is -1.98. The van der Waals surface area contributed by atoms with Crippen molar-refractivity contribution >= 4 is 5.69 Å². The lowest BCUT2D eigenvalue weighted by Gasteiger charge is -2.18. The molecule has 0 saturated carbocycles. The van der Waals surface area contributed by atoms with Gasteiger partial charge in [-0.2, -0.15) is 0 Å². The maximum absolute atomic E-state index is 5.92. The average Bonchev–Trinajstić information content (AvgIpc) is 2.39. The van der Waals surface area contributed by atoms with Crippen LogP contribution in [0.4, 0.5) is 5.69 Å². The van der Waals surface area contributed by atoms with Crippen molar-refractivity contribution in [2.24, 2.45) is 5.84 Å². The number of pyridine rings is 2. The zero-order valence-corrected chi connectivity index (χ0v) is 10.3. The summed E-state index contributed by atoms with van der Waals surface area (Å²) >= 11 is 0. The van der Waals surface area contributed by atoms with E-state index in [-0.39, 0.29) is 6.04 Å². The summed E-state index contributed by atoms with van der Waals surface area (Å²) in [5.41, 5.74) is 12.7. The largest absolute Gasteiger partial charge is 0.398 e. The molecule has 1 atom stereocenters. The zero-order valence-electron chi connectivity index (χ0n) is 10.3. The fourth-order valence-corrected chi connectivity index (χ4v) is 1.93. The molecule has 18 heavy (non-hydrogen) atoms. The Morgan fingerprint density at radius 1 is 1.22 bits per heavy atom. The molecule has 0 spiro atoms. The second-order valence-corrected chi connectivity index (χ2v) is 4.23. The highest BCUT2D eigenvalue weighted by Crippen LogP contribution is 2.22. The average molecular weight is 243 g/mol. The number of nitrogens with zero attached hydrogens (tertiary/aromatic N) is 2. The molecule has 2 heterocycles. The van der Waals surface area contributed by atoms with E-state index < -0.39 is 0 Å². The fourth-order valence-electron chi connectivity index (χ4n) is 1.93. The van der Waals surface area contributed by atoms with Crippen LogP contribution in [0.15, 0.2) is 36.9 Å². The number of anilines is 1. The highest BCUT2D eigenvalue weighted by Gasteiger charge is 2.14. The van der Waals surface area contributed by atoms with Crippen LogP contribution < -0.4 is 17.0 Å². The maximum atomic E-state index is 5.92. The monoisotopic (exact) mass is 243 g/mol. The number of hydrogen-bond acceptors (Lipinski definition) is 5. The van der Waals surface area contributed by atoms with Crippen LogP contribution in [-0.2, 0) is 6.42 Å². The van der Waals surface area contributed by atoms with Crippen LogP contribution in [0.2, 0.25) is 0 Å². The summed E-state index contributed by atoms with van der Waals surface area (Å²) < 4.78 is 0. The third kappa shape index (κ3) is 2.64. The van der Waals surface area contributed by atoms with Crippen molar-refractivity contribution < 1.29 is 0 Å². The minimum Gasteiger partial charge on any atom is -0.398 e. The molecule has 2 aromatic heterocycles. The first-order valence-corrected chi connectivity index (χ1v) is 5.77. The predicted octanol–water partition coefficient (Wildman–Crippen LogP) is 1.11. The number of nitrogen functional groups attached to an aromatic ring is 1. The number of hydrazine groups is 1. The molecular weight excluding hydrogens is 226 g/mol. The van der Waals surface area contributed by atoms with E-state index in [1.54, 1.807) is 24.7 Å². The van der Waals surface area contributed by atoms with E-state index in [2.05, 4.69) is 15.4 Å². The highest BCUT2D eigenvalue weighted by atomic mass is 15.2. The first-order chi connectivity index (χ1) is 8.72. The Morgan fingerprint density at radius 3 is 2.61 bits per heavy atom. The van der Waals surface area contributed by atoms with Gasteiger partial charge >= 0.3 is 0 Å². The summed E-state index contributed by atoms with van der Waals surface area (Å²) in [5.74, 6) is 5.63. The van der Waals surface area contributed by atoms with E-state index in [0.29, 0.717) is 6.42 Å². The van der Waals surface area contributed by atoms with Gasteiger partial charge in [0.05, 0.1) is 6.04 Å². The van der Waals surface area contributed by atoms with E-state index >= 15 is 0 Å². The number of nitrogens with two attached hydrogens (primary N) is 2. The second kappa shape index (κ2) is 5.57. The molecule has 0 aliphatic rings.